The molecule has 4 aromatic rings. The van der Waals surface area contributed by atoms with Crippen LogP contribution in [0, 0.1) is 0 Å². The summed E-state index contributed by atoms with van der Waals surface area (Å²) in [6.07, 6.45) is -5.43. The fourth-order valence-electron chi connectivity index (χ4n) is 5.08. The second-order valence-electron chi connectivity index (χ2n) is 12.1. The zero-order valence-corrected chi connectivity index (χ0v) is 38.1. The number of hydrogen-bond donors (Lipinski definition) is 2. The number of esters is 2. The van der Waals surface area contributed by atoms with Gasteiger partial charge in [0.2, 0.25) is 12.3 Å². The van der Waals surface area contributed by atoms with Crippen molar-refractivity contribution in [2.75, 3.05) is 17.2 Å². The maximum absolute atomic E-state index is 15.0. The van der Waals surface area contributed by atoms with Crippen molar-refractivity contribution in [3.05, 3.63) is 109 Å². The Kier molecular flexibility index (Phi) is 17.1. The molecule has 0 fully saturated rings. The minimum Gasteiger partial charge on any atom is -0.486 e. The lowest BCUT2D eigenvalue weighted by atomic mass is 10.1. The zero-order chi connectivity index (χ0) is 39.9. The third-order valence-corrected chi connectivity index (χ3v) is 11.1. The molecule has 4 rings (SSSR count). The molecule has 0 saturated carbocycles. The van der Waals surface area contributed by atoms with Gasteiger partial charge in [0.05, 0.1) is 39.3 Å². The fraction of sp³-hybridized carbons (Fsp3) is 0.297. The summed E-state index contributed by atoms with van der Waals surface area (Å²) >= 11 is 39.3. The Balaban J connectivity index is 1.33. The SMILES string of the molecule is CCNc1cc(Cl)cc(COc2c(Br)cc(CC(F)C(=O)OC(=O)C(F)Cc3cc(Br)c(OCc4cc(Cl)cc(NC(C)C)c4Cl)c(Br)c3)cc2Br)c1Cl. The topological polar surface area (TPSA) is 85.9 Å². The lowest BCUT2D eigenvalue weighted by molar-refractivity contribution is -0.166. The van der Waals surface area contributed by atoms with E-state index in [-0.39, 0.29) is 19.3 Å². The second-order valence-corrected chi connectivity index (χ2v) is 17.2. The van der Waals surface area contributed by atoms with Gasteiger partial charge in [-0.1, -0.05) is 46.4 Å². The number of alkyl halides is 2. The van der Waals surface area contributed by atoms with E-state index in [1.54, 1.807) is 48.5 Å². The molecule has 2 N–H and O–H groups in total. The summed E-state index contributed by atoms with van der Waals surface area (Å²) in [6.45, 7) is 6.66. The van der Waals surface area contributed by atoms with Crippen molar-refractivity contribution in [1.29, 1.82) is 0 Å². The van der Waals surface area contributed by atoms with E-state index in [1.165, 1.54) is 0 Å². The van der Waals surface area contributed by atoms with Crippen LogP contribution in [0.3, 0.4) is 0 Å². The number of carbonyl (C=O) groups is 2. The van der Waals surface area contributed by atoms with E-state index < -0.39 is 37.1 Å². The molecule has 0 bridgehead atoms. The number of anilines is 2. The monoisotopic (exact) mass is 1080 g/mol. The van der Waals surface area contributed by atoms with E-state index in [9.17, 15) is 9.59 Å². The van der Waals surface area contributed by atoms with Crippen molar-refractivity contribution in [2.24, 2.45) is 0 Å². The van der Waals surface area contributed by atoms with Gasteiger partial charge >= 0.3 is 11.9 Å². The molecule has 2 unspecified atom stereocenters. The van der Waals surface area contributed by atoms with E-state index in [0.29, 0.717) is 89.7 Å². The number of hydrogen-bond acceptors (Lipinski definition) is 7. The van der Waals surface area contributed by atoms with Crippen molar-refractivity contribution in [3.8, 4) is 11.5 Å². The summed E-state index contributed by atoms with van der Waals surface area (Å²) in [5.74, 6) is -2.24. The van der Waals surface area contributed by atoms with Gasteiger partial charge in [-0.25, -0.2) is 18.4 Å². The Labute approximate surface area is 365 Å². The Morgan fingerprint density at radius 1 is 0.667 bits per heavy atom. The smallest absolute Gasteiger partial charge is 0.348 e. The van der Waals surface area contributed by atoms with Crippen LogP contribution in [-0.4, -0.2) is 36.9 Å². The first-order chi connectivity index (χ1) is 25.5. The van der Waals surface area contributed by atoms with Gasteiger partial charge in [-0.3, -0.25) is 0 Å². The minimum absolute atomic E-state index is 0.0659. The quantitative estimate of drug-likeness (QED) is 0.0854. The Bertz CT molecular complexity index is 1980. The third-order valence-electron chi connectivity index (χ3n) is 7.44. The summed E-state index contributed by atoms with van der Waals surface area (Å²) in [7, 11) is 0. The van der Waals surface area contributed by atoms with Crippen LogP contribution in [0.1, 0.15) is 43.0 Å². The van der Waals surface area contributed by atoms with Gasteiger partial charge in [-0.2, -0.15) is 0 Å². The number of nitrogens with one attached hydrogen (secondary N) is 2. The zero-order valence-electron chi connectivity index (χ0n) is 28.7. The first kappa shape index (κ1) is 44.9. The molecule has 0 heterocycles. The lowest BCUT2D eigenvalue weighted by Gasteiger charge is -2.17. The highest BCUT2D eigenvalue weighted by atomic mass is 79.9. The molecule has 290 valence electrons. The molecule has 0 aliphatic rings. The van der Waals surface area contributed by atoms with E-state index in [0.717, 1.165) is 0 Å². The predicted molar refractivity (Wildman–Crippen MR) is 226 cm³/mol. The number of carbonyl (C=O) groups excluding carboxylic acids is 2. The fourth-order valence-corrected chi connectivity index (χ4v) is 9.03. The molecule has 0 aliphatic carbocycles. The van der Waals surface area contributed by atoms with Crippen LogP contribution in [0.4, 0.5) is 20.2 Å². The summed E-state index contributed by atoms with van der Waals surface area (Å²) < 4.78 is 48.4. The van der Waals surface area contributed by atoms with Gasteiger partial charge < -0.3 is 24.8 Å². The Hall–Kier alpha value is -1.84. The van der Waals surface area contributed by atoms with E-state index in [2.05, 4.69) is 79.1 Å². The molecule has 0 amide bonds. The van der Waals surface area contributed by atoms with Crippen molar-refractivity contribution in [2.45, 2.75) is 65.2 Å². The number of benzene rings is 4. The molecule has 0 aliphatic heterocycles. The van der Waals surface area contributed by atoms with Crippen molar-refractivity contribution >= 4 is 133 Å². The molecule has 4 aromatic carbocycles. The Morgan fingerprint density at radius 3 is 1.44 bits per heavy atom. The van der Waals surface area contributed by atoms with Gasteiger partial charge in [0, 0.05) is 46.6 Å². The van der Waals surface area contributed by atoms with Gasteiger partial charge in [0.25, 0.3) is 0 Å². The summed E-state index contributed by atoms with van der Waals surface area (Å²) in [5.41, 5.74) is 3.35. The normalized spacial score (nSPS) is 12.3. The summed E-state index contributed by atoms with van der Waals surface area (Å²) in [6, 6.07) is 13.2. The average molecular weight is 1080 g/mol. The van der Waals surface area contributed by atoms with Gasteiger partial charge in [-0.15, -0.1) is 0 Å². The highest BCUT2D eigenvalue weighted by Crippen LogP contribution is 2.39. The molecule has 7 nitrogen and oxygen atoms in total. The first-order valence-corrected chi connectivity index (χ1v) is 20.9. The highest BCUT2D eigenvalue weighted by molar-refractivity contribution is 9.11. The maximum atomic E-state index is 15.0. The summed E-state index contributed by atoms with van der Waals surface area (Å²) in [4.78, 5) is 25.0. The second kappa shape index (κ2) is 20.5. The van der Waals surface area contributed by atoms with Crippen LogP contribution in [0.5, 0.6) is 11.5 Å². The standard InChI is InChI=1S/C37H32Br4Cl4F2N2O5/c1-4-48-30-13-22(42)11-20(32(30)44)15-52-34-24(38)5-18(6-25(34)39)9-28(46)36(50)54-37(51)29(47)10-19-7-26(40)35(27(41)8-19)53-16-21-12-23(43)14-31(33(21)45)49-17(2)3/h5-8,11-14,17,28-29,48-49H,4,9-10,15-16H2,1-3H3. The molecule has 0 radical (unpaired) electrons. The summed E-state index contributed by atoms with van der Waals surface area (Å²) in [5, 5.41) is 8.26. The van der Waals surface area contributed by atoms with Crippen LogP contribution in [0.2, 0.25) is 20.1 Å². The molecular formula is C37H32Br4Cl4F2N2O5. The molecule has 0 spiro atoms. The van der Waals surface area contributed by atoms with Crippen LogP contribution >= 0.6 is 110 Å². The average Bonchev–Trinajstić information content (AvgIpc) is 3.07. The molecular weight excluding hydrogens is 1050 g/mol. The maximum Gasteiger partial charge on any atom is 0.348 e. The first-order valence-electron chi connectivity index (χ1n) is 16.2. The third kappa shape index (κ3) is 12.3. The molecule has 2 atom stereocenters. The van der Waals surface area contributed by atoms with E-state index in [4.69, 9.17) is 55.9 Å². The van der Waals surface area contributed by atoms with Crippen molar-refractivity contribution in [1.82, 2.24) is 0 Å². The predicted octanol–water partition coefficient (Wildman–Crippen LogP) is 13.3. The van der Waals surface area contributed by atoms with Crippen LogP contribution in [0.25, 0.3) is 0 Å². The van der Waals surface area contributed by atoms with Crippen LogP contribution < -0.4 is 20.1 Å². The van der Waals surface area contributed by atoms with Crippen LogP contribution in [0.15, 0.2) is 66.4 Å². The van der Waals surface area contributed by atoms with E-state index in [1.807, 2.05) is 20.8 Å². The molecule has 0 aromatic heterocycles. The number of rotatable bonds is 16. The van der Waals surface area contributed by atoms with Crippen molar-refractivity contribution < 1.29 is 32.6 Å². The van der Waals surface area contributed by atoms with Crippen molar-refractivity contribution in [3.63, 3.8) is 0 Å². The number of ether oxygens (including phenoxy) is 3. The van der Waals surface area contributed by atoms with Gasteiger partial charge in [0.15, 0.2) is 0 Å². The van der Waals surface area contributed by atoms with Crippen LogP contribution in [-0.2, 0) is 40.4 Å². The highest BCUT2D eigenvalue weighted by Gasteiger charge is 2.29. The molecule has 0 saturated heterocycles. The van der Waals surface area contributed by atoms with Gasteiger partial charge in [-0.05, 0) is 144 Å². The largest absolute Gasteiger partial charge is 0.486 e. The van der Waals surface area contributed by atoms with Gasteiger partial charge in [0.1, 0.15) is 24.7 Å². The minimum atomic E-state index is -2.26. The lowest BCUT2D eigenvalue weighted by Crippen LogP contribution is -2.29. The Morgan fingerprint density at radius 2 is 1.06 bits per heavy atom. The molecule has 17 heteroatoms. The number of halogens is 10. The van der Waals surface area contributed by atoms with E-state index >= 15 is 8.78 Å². The molecule has 54 heavy (non-hydrogen) atoms.